The van der Waals surface area contributed by atoms with Crippen molar-refractivity contribution < 1.29 is 9.21 Å². The highest BCUT2D eigenvalue weighted by Gasteiger charge is 2.26. The molecule has 2 aromatic rings. The lowest BCUT2D eigenvalue weighted by Gasteiger charge is -2.30. The van der Waals surface area contributed by atoms with E-state index in [1.54, 1.807) is 17.6 Å². The van der Waals surface area contributed by atoms with Crippen LogP contribution in [0.2, 0.25) is 0 Å². The van der Waals surface area contributed by atoms with E-state index in [1.165, 1.54) is 0 Å². The van der Waals surface area contributed by atoms with Crippen LogP contribution in [0.5, 0.6) is 0 Å². The van der Waals surface area contributed by atoms with Gasteiger partial charge in [-0.1, -0.05) is 11.3 Å². The summed E-state index contributed by atoms with van der Waals surface area (Å²) in [4.78, 5) is 13.7. The van der Waals surface area contributed by atoms with Crippen molar-refractivity contribution in [1.29, 1.82) is 0 Å². The molecule has 6 nitrogen and oxygen atoms in total. The molecule has 0 unspecified atom stereocenters. The van der Waals surface area contributed by atoms with E-state index in [2.05, 4.69) is 15.5 Å². The van der Waals surface area contributed by atoms with Gasteiger partial charge < -0.3 is 14.6 Å². The topological polar surface area (TPSA) is 71.3 Å². The molecule has 0 aromatic carbocycles. The lowest BCUT2D eigenvalue weighted by atomic mass is 9.98. The van der Waals surface area contributed by atoms with Gasteiger partial charge in [-0.3, -0.25) is 0 Å². The van der Waals surface area contributed by atoms with Gasteiger partial charge in [0.25, 0.3) is 0 Å². The highest BCUT2D eigenvalue weighted by atomic mass is 35.5. The van der Waals surface area contributed by atoms with Gasteiger partial charge >= 0.3 is 6.03 Å². The van der Waals surface area contributed by atoms with Crippen LogP contribution in [-0.2, 0) is 0 Å². The summed E-state index contributed by atoms with van der Waals surface area (Å²) in [7, 11) is 0. The Labute approximate surface area is 137 Å². The van der Waals surface area contributed by atoms with E-state index in [-0.39, 0.29) is 6.03 Å². The van der Waals surface area contributed by atoms with Gasteiger partial charge in [0.05, 0.1) is 6.26 Å². The number of carbonyl (C=O) groups is 1. The minimum absolute atomic E-state index is 0.0346. The van der Waals surface area contributed by atoms with Crippen LogP contribution in [0.15, 0.2) is 22.8 Å². The average Bonchev–Trinajstić information content (AvgIpc) is 3.23. The van der Waals surface area contributed by atoms with Crippen LogP contribution in [0.4, 0.5) is 4.79 Å². The molecule has 3 heterocycles. The summed E-state index contributed by atoms with van der Waals surface area (Å²) >= 11 is 7.15. The first-order valence-corrected chi connectivity index (χ1v) is 8.59. The number of piperidine rings is 1. The van der Waals surface area contributed by atoms with Crippen molar-refractivity contribution in [2.45, 2.75) is 18.8 Å². The molecule has 0 atom stereocenters. The molecule has 0 aliphatic carbocycles. The quantitative estimate of drug-likeness (QED) is 0.869. The third-order valence-corrected chi connectivity index (χ3v) is 4.96. The molecule has 0 bridgehead atoms. The number of furan rings is 1. The summed E-state index contributed by atoms with van der Waals surface area (Å²) in [5.41, 5.74) is 0. The van der Waals surface area contributed by atoms with Crippen molar-refractivity contribution in [2.75, 3.05) is 25.5 Å². The van der Waals surface area contributed by atoms with E-state index in [0.29, 0.717) is 18.3 Å². The van der Waals surface area contributed by atoms with Crippen LogP contribution in [0, 0.1) is 0 Å². The van der Waals surface area contributed by atoms with Crippen LogP contribution in [0.25, 0.3) is 10.8 Å². The van der Waals surface area contributed by atoms with E-state index in [0.717, 1.165) is 41.7 Å². The number of likely N-dealkylation sites (tertiary alicyclic amines) is 1. The molecule has 8 heteroatoms. The second kappa shape index (κ2) is 7.11. The fraction of sp³-hybridized carbons (Fsp3) is 0.500. The Morgan fingerprint density at radius 2 is 2.27 bits per heavy atom. The van der Waals surface area contributed by atoms with Crippen LogP contribution in [0.3, 0.4) is 0 Å². The number of halogens is 1. The largest absolute Gasteiger partial charge is 0.462 e. The third-order valence-electron chi connectivity index (χ3n) is 3.67. The lowest BCUT2D eigenvalue weighted by molar-refractivity contribution is 0.182. The number of rotatable bonds is 4. The zero-order valence-electron chi connectivity index (χ0n) is 12.0. The summed E-state index contributed by atoms with van der Waals surface area (Å²) < 4.78 is 5.34. The number of amides is 2. The summed E-state index contributed by atoms with van der Waals surface area (Å²) in [5, 5.41) is 13.1. The molecule has 1 aliphatic heterocycles. The lowest BCUT2D eigenvalue weighted by Crippen LogP contribution is -2.44. The van der Waals surface area contributed by atoms with Crippen molar-refractivity contribution in [3.05, 3.63) is 23.4 Å². The molecule has 0 radical (unpaired) electrons. The normalized spacial score (nSPS) is 16.0. The molecule has 2 aromatic heterocycles. The smallest absolute Gasteiger partial charge is 0.317 e. The van der Waals surface area contributed by atoms with E-state index < -0.39 is 0 Å². The zero-order chi connectivity index (χ0) is 15.4. The molecule has 0 saturated carbocycles. The Hall–Kier alpha value is -1.60. The first kappa shape index (κ1) is 15.3. The van der Waals surface area contributed by atoms with E-state index >= 15 is 0 Å². The summed E-state index contributed by atoms with van der Waals surface area (Å²) in [5.74, 6) is 1.54. The fourth-order valence-electron chi connectivity index (χ4n) is 2.49. The predicted octanol–water partition coefficient (Wildman–Crippen LogP) is 2.93. The maximum Gasteiger partial charge on any atom is 0.317 e. The molecule has 2 amide bonds. The van der Waals surface area contributed by atoms with E-state index in [1.807, 2.05) is 17.0 Å². The molecule has 0 spiro atoms. The van der Waals surface area contributed by atoms with Gasteiger partial charge in [0, 0.05) is 31.4 Å². The minimum Gasteiger partial charge on any atom is -0.462 e. The Morgan fingerprint density at radius 3 is 2.95 bits per heavy atom. The van der Waals surface area contributed by atoms with Crippen molar-refractivity contribution in [2.24, 2.45) is 0 Å². The maximum absolute atomic E-state index is 11.9. The van der Waals surface area contributed by atoms with Gasteiger partial charge in [-0.2, -0.15) is 0 Å². The molecule has 118 valence electrons. The molecule has 1 N–H and O–H groups in total. The van der Waals surface area contributed by atoms with Gasteiger partial charge in [0.15, 0.2) is 10.8 Å². The van der Waals surface area contributed by atoms with Gasteiger partial charge in [-0.25, -0.2) is 4.79 Å². The third kappa shape index (κ3) is 3.41. The predicted molar refractivity (Wildman–Crippen MR) is 85.3 cm³/mol. The number of nitrogens with zero attached hydrogens (tertiary/aromatic N) is 3. The van der Waals surface area contributed by atoms with Crippen molar-refractivity contribution in [3.63, 3.8) is 0 Å². The van der Waals surface area contributed by atoms with Crippen molar-refractivity contribution in [3.8, 4) is 10.8 Å². The number of hydrogen-bond acceptors (Lipinski definition) is 5. The number of aromatic nitrogens is 2. The van der Waals surface area contributed by atoms with Crippen LogP contribution in [-0.4, -0.2) is 46.6 Å². The standard InChI is InChI=1S/C14H17ClN4O2S/c15-5-6-16-14(20)19-7-3-10(4-8-19)12-17-18-13(22-12)11-2-1-9-21-11/h1-2,9-10H,3-8H2,(H,16,20). The SMILES string of the molecule is O=C(NCCCl)N1CCC(c2nnc(-c3ccco3)s2)CC1. The van der Waals surface area contributed by atoms with E-state index in [9.17, 15) is 4.79 Å². The molecule has 3 rings (SSSR count). The number of urea groups is 1. The minimum atomic E-state index is -0.0346. The average molecular weight is 341 g/mol. The first-order chi connectivity index (χ1) is 10.8. The molecular formula is C14H17ClN4O2S. The second-order valence-corrected chi connectivity index (χ2v) is 6.49. The fourth-order valence-corrected chi connectivity index (χ4v) is 3.57. The Balaban J connectivity index is 1.56. The van der Waals surface area contributed by atoms with Gasteiger partial charge in [-0.15, -0.1) is 21.8 Å². The van der Waals surface area contributed by atoms with Gasteiger partial charge in [0.2, 0.25) is 0 Å². The van der Waals surface area contributed by atoms with Crippen molar-refractivity contribution in [1.82, 2.24) is 20.4 Å². The van der Waals surface area contributed by atoms with Crippen LogP contribution < -0.4 is 5.32 Å². The summed E-state index contributed by atoms with van der Waals surface area (Å²) in [6, 6.07) is 3.69. The summed E-state index contributed by atoms with van der Waals surface area (Å²) in [6.45, 7) is 1.96. The molecule has 22 heavy (non-hydrogen) atoms. The number of nitrogens with one attached hydrogen (secondary N) is 1. The molecule has 1 saturated heterocycles. The van der Waals surface area contributed by atoms with Crippen molar-refractivity contribution >= 4 is 29.0 Å². The first-order valence-electron chi connectivity index (χ1n) is 7.24. The van der Waals surface area contributed by atoms with Crippen LogP contribution >= 0.6 is 22.9 Å². The molecule has 1 fully saturated rings. The Bertz CT molecular complexity index is 608. The number of alkyl halides is 1. The summed E-state index contributed by atoms with van der Waals surface area (Å²) in [6.07, 6.45) is 3.44. The maximum atomic E-state index is 11.9. The molecule has 1 aliphatic rings. The number of hydrogen-bond donors (Lipinski definition) is 1. The number of carbonyl (C=O) groups excluding carboxylic acids is 1. The van der Waals surface area contributed by atoms with E-state index in [4.69, 9.17) is 16.0 Å². The zero-order valence-corrected chi connectivity index (χ0v) is 13.6. The van der Waals surface area contributed by atoms with Gasteiger partial charge in [-0.05, 0) is 25.0 Å². The second-order valence-electron chi connectivity index (χ2n) is 5.10. The highest BCUT2D eigenvalue weighted by Crippen LogP contribution is 2.33. The van der Waals surface area contributed by atoms with Gasteiger partial charge in [0.1, 0.15) is 5.01 Å². The van der Waals surface area contributed by atoms with Crippen LogP contribution in [0.1, 0.15) is 23.8 Å². The Morgan fingerprint density at radius 1 is 1.45 bits per heavy atom. The monoisotopic (exact) mass is 340 g/mol. The highest BCUT2D eigenvalue weighted by molar-refractivity contribution is 7.14. The molecular weight excluding hydrogens is 324 g/mol. The Kier molecular flexibility index (Phi) is 4.94.